The van der Waals surface area contributed by atoms with Crippen LogP contribution in [-0.4, -0.2) is 44.6 Å². The Kier molecular flexibility index (Phi) is 8.83. The lowest BCUT2D eigenvalue weighted by atomic mass is 10.1. The van der Waals surface area contributed by atoms with E-state index >= 15 is 0 Å². The lowest BCUT2D eigenvalue weighted by Gasteiger charge is -2.26. The molecule has 0 bridgehead atoms. The number of methoxy groups -OCH3 is 1. The molecule has 0 unspecified atom stereocenters. The zero-order chi connectivity index (χ0) is 27.7. The van der Waals surface area contributed by atoms with Crippen molar-refractivity contribution in [2.24, 2.45) is 0 Å². The highest BCUT2D eigenvalue weighted by atomic mass is 16.5. The molecule has 1 aromatic heterocycles. The Bertz CT molecular complexity index is 1510. The molecule has 0 radical (unpaired) electrons. The van der Waals surface area contributed by atoms with Crippen LogP contribution < -0.4 is 19.3 Å². The molecule has 0 aliphatic carbocycles. The van der Waals surface area contributed by atoms with Crippen molar-refractivity contribution < 1.29 is 14.2 Å². The Hall–Kier alpha value is -4.49. The van der Waals surface area contributed by atoms with Crippen LogP contribution in [0.5, 0.6) is 11.5 Å². The Morgan fingerprint density at radius 2 is 1.48 bits per heavy atom. The predicted octanol–water partition coefficient (Wildman–Crippen LogP) is 6.44. The predicted molar refractivity (Wildman–Crippen MR) is 161 cm³/mol. The maximum Gasteiger partial charge on any atom is 0.121 e. The van der Waals surface area contributed by atoms with E-state index in [1.807, 2.05) is 50.6 Å². The summed E-state index contributed by atoms with van der Waals surface area (Å²) in [4.78, 5) is 4.43. The van der Waals surface area contributed by atoms with Gasteiger partial charge in [0.15, 0.2) is 0 Å². The topological polar surface area (TPSA) is 62.9 Å². The number of anilines is 2. The number of hydrogen-bond acceptors (Lipinski definition) is 6. The summed E-state index contributed by atoms with van der Waals surface area (Å²) in [6.07, 6.45) is 1.85. The summed E-state index contributed by atoms with van der Waals surface area (Å²) < 4.78 is 17.2. The third kappa shape index (κ3) is 7.12. The van der Waals surface area contributed by atoms with Gasteiger partial charge in [-0.05, 0) is 59.2 Å². The molecular weight excluding hydrogens is 500 g/mol. The van der Waals surface area contributed by atoms with Gasteiger partial charge >= 0.3 is 0 Å². The first-order chi connectivity index (χ1) is 19.6. The minimum absolute atomic E-state index is 0.504. The molecule has 0 spiro atoms. The van der Waals surface area contributed by atoms with Crippen molar-refractivity contribution in [2.45, 2.75) is 19.7 Å². The normalized spacial score (nSPS) is 11.0. The van der Waals surface area contributed by atoms with Crippen molar-refractivity contribution in [1.82, 2.24) is 10.2 Å². The van der Waals surface area contributed by atoms with Crippen molar-refractivity contribution in [3.8, 4) is 11.5 Å². The molecule has 0 atom stereocenters. The summed E-state index contributed by atoms with van der Waals surface area (Å²) in [6, 6.07) is 31.3. The Labute approximate surface area is 235 Å². The number of ether oxygens (including phenoxy) is 3. The summed E-state index contributed by atoms with van der Waals surface area (Å²) in [7, 11) is 5.74. The first kappa shape index (κ1) is 27.1. The van der Waals surface area contributed by atoms with E-state index in [4.69, 9.17) is 14.2 Å². The monoisotopic (exact) mass is 536 g/mol. The third-order valence-corrected chi connectivity index (χ3v) is 6.79. The van der Waals surface area contributed by atoms with E-state index in [-0.39, 0.29) is 0 Å². The zero-order valence-corrected chi connectivity index (χ0v) is 23.3. The highest BCUT2D eigenvalue weighted by Gasteiger charge is 2.11. The molecule has 0 aliphatic heterocycles. The molecule has 4 aromatic carbocycles. The van der Waals surface area contributed by atoms with E-state index in [0.29, 0.717) is 19.8 Å². The fourth-order valence-electron chi connectivity index (χ4n) is 4.60. The Morgan fingerprint density at radius 1 is 0.725 bits per heavy atom. The van der Waals surface area contributed by atoms with E-state index in [0.717, 1.165) is 52.4 Å². The SMILES string of the molecule is COc1cccc(CN(Cc2ccc3cn[nH]c3c2)c2ccc(COCCOc3cccc(N(C)C)c3)cc2)c1. The highest BCUT2D eigenvalue weighted by molar-refractivity contribution is 5.78. The van der Waals surface area contributed by atoms with Crippen LogP contribution in [0.25, 0.3) is 10.9 Å². The van der Waals surface area contributed by atoms with E-state index in [9.17, 15) is 0 Å². The minimum atomic E-state index is 0.504. The van der Waals surface area contributed by atoms with Gasteiger partial charge in [-0.15, -0.1) is 0 Å². The molecule has 0 saturated carbocycles. The molecular formula is C33H36N4O3. The standard InChI is InChI=1S/C33H36N4O3/c1-36(2)30-7-5-9-32(20-30)40-17-16-39-24-25-11-14-29(15-12-25)37(22-26-6-4-8-31(18-26)38-3)23-27-10-13-28-21-34-35-33(28)19-27/h4-15,18-21H,16-17,22-24H2,1-3H3,(H,34,35). The number of rotatable bonds is 13. The summed E-state index contributed by atoms with van der Waals surface area (Å²) >= 11 is 0. The maximum absolute atomic E-state index is 5.90. The first-order valence-corrected chi connectivity index (χ1v) is 13.4. The lowest BCUT2D eigenvalue weighted by molar-refractivity contribution is 0.0889. The van der Waals surface area contributed by atoms with Crippen LogP contribution in [0.3, 0.4) is 0 Å². The number of hydrogen-bond donors (Lipinski definition) is 1. The van der Waals surface area contributed by atoms with Gasteiger partial charge in [0.25, 0.3) is 0 Å². The zero-order valence-electron chi connectivity index (χ0n) is 23.3. The summed E-state index contributed by atoms with van der Waals surface area (Å²) in [5.41, 5.74) is 6.81. The molecule has 5 aromatic rings. The van der Waals surface area contributed by atoms with Crippen molar-refractivity contribution in [1.29, 1.82) is 0 Å². The fourth-order valence-corrected chi connectivity index (χ4v) is 4.60. The molecule has 206 valence electrons. The quantitative estimate of drug-likeness (QED) is 0.175. The smallest absolute Gasteiger partial charge is 0.121 e. The van der Waals surface area contributed by atoms with Crippen LogP contribution in [-0.2, 0) is 24.4 Å². The Balaban J connectivity index is 1.21. The van der Waals surface area contributed by atoms with Crippen LogP contribution in [0.15, 0.2) is 97.2 Å². The summed E-state index contributed by atoms with van der Waals surface area (Å²) in [6.45, 7) is 3.07. The second-order valence-electron chi connectivity index (χ2n) is 9.96. The van der Waals surface area contributed by atoms with Crippen LogP contribution in [0.2, 0.25) is 0 Å². The number of H-pyrrole nitrogens is 1. The minimum Gasteiger partial charge on any atom is -0.497 e. The number of fused-ring (bicyclic) bond motifs is 1. The Morgan fingerprint density at radius 3 is 2.27 bits per heavy atom. The van der Waals surface area contributed by atoms with Gasteiger partial charge in [-0.3, -0.25) is 5.10 Å². The second kappa shape index (κ2) is 13.0. The molecule has 7 nitrogen and oxygen atoms in total. The average molecular weight is 537 g/mol. The van der Waals surface area contributed by atoms with Gasteiger partial charge in [-0.25, -0.2) is 0 Å². The maximum atomic E-state index is 5.90. The molecule has 7 heteroatoms. The van der Waals surface area contributed by atoms with Crippen LogP contribution in [0, 0.1) is 0 Å². The highest BCUT2D eigenvalue weighted by Crippen LogP contribution is 2.24. The summed E-state index contributed by atoms with van der Waals surface area (Å²) in [5, 5.41) is 8.35. The number of aromatic nitrogens is 2. The van der Waals surface area contributed by atoms with Crippen LogP contribution in [0.4, 0.5) is 11.4 Å². The van der Waals surface area contributed by atoms with Crippen LogP contribution >= 0.6 is 0 Å². The van der Waals surface area contributed by atoms with Gasteiger partial charge in [0.05, 0.1) is 32.0 Å². The molecule has 0 saturated heterocycles. The van der Waals surface area contributed by atoms with Gasteiger partial charge in [0, 0.05) is 50.0 Å². The van der Waals surface area contributed by atoms with Crippen LogP contribution in [0.1, 0.15) is 16.7 Å². The molecule has 1 heterocycles. The van der Waals surface area contributed by atoms with Crippen molar-refractivity contribution in [3.05, 3.63) is 114 Å². The molecule has 0 aliphatic rings. The van der Waals surface area contributed by atoms with Gasteiger partial charge in [-0.1, -0.05) is 42.5 Å². The number of nitrogens with zero attached hydrogens (tertiary/aromatic N) is 3. The van der Waals surface area contributed by atoms with Gasteiger partial charge in [-0.2, -0.15) is 5.10 Å². The molecule has 0 fully saturated rings. The molecule has 1 N–H and O–H groups in total. The third-order valence-electron chi connectivity index (χ3n) is 6.79. The number of aromatic amines is 1. The van der Waals surface area contributed by atoms with Gasteiger partial charge in [0.1, 0.15) is 18.1 Å². The van der Waals surface area contributed by atoms with Crippen molar-refractivity contribution >= 4 is 22.3 Å². The second-order valence-corrected chi connectivity index (χ2v) is 9.96. The van der Waals surface area contributed by atoms with Gasteiger partial charge < -0.3 is 24.0 Å². The average Bonchev–Trinajstić information content (AvgIpc) is 3.45. The summed E-state index contributed by atoms with van der Waals surface area (Å²) in [5.74, 6) is 1.71. The number of nitrogens with one attached hydrogen (secondary N) is 1. The fraction of sp³-hybridized carbons (Fsp3) is 0.242. The van der Waals surface area contributed by atoms with E-state index in [1.165, 1.54) is 11.1 Å². The first-order valence-electron chi connectivity index (χ1n) is 13.4. The number of benzene rings is 4. The van der Waals surface area contributed by atoms with Crippen molar-refractivity contribution in [3.63, 3.8) is 0 Å². The largest absolute Gasteiger partial charge is 0.497 e. The van der Waals surface area contributed by atoms with E-state index in [1.54, 1.807) is 7.11 Å². The van der Waals surface area contributed by atoms with E-state index < -0.39 is 0 Å². The van der Waals surface area contributed by atoms with Gasteiger partial charge in [0.2, 0.25) is 0 Å². The molecule has 5 rings (SSSR count). The van der Waals surface area contributed by atoms with E-state index in [2.05, 4.69) is 80.7 Å². The lowest BCUT2D eigenvalue weighted by Crippen LogP contribution is -2.22. The van der Waals surface area contributed by atoms with Crippen molar-refractivity contribution in [2.75, 3.05) is 44.2 Å². The molecule has 0 amide bonds. The molecule has 40 heavy (non-hydrogen) atoms.